The Morgan fingerprint density at radius 3 is 2.10 bits per heavy atom. The molecule has 0 fully saturated rings. The van der Waals surface area contributed by atoms with Crippen molar-refractivity contribution in [3.05, 3.63) is 54.6 Å². The summed E-state index contributed by atoms with van der Waals surface area (Å²) in [6.07, 6.45) is 1.18. The summed E-state index contributed by atoms with van der Waals surface area (Å²) >= 11 is 1.79. The Labute approximate surface area is 123 Å². The predicted octanol–water partition coefficient (Wildman–Crippen LogP) is 4.34. The Balaban J connectivity index is 1.64. The van der Waals surface area contributed by atoms with E-state index in [4.69, 9.17) is 0 Å². The molecule has 2 aromatic carbocycles. The molecular formula is C16H17N3S. The molecule has 1 aliphatic rings. The fraction of sp³-hybridized carbons (Fsp3) is 0.188. The summed E-state index contributed by atoms with van der Waals surface area (Å²) in [5, 5.41) is 7.76. The third kappa shape index (κ3) is 3.54. The number of amidine groups is 1. The van der Waals surface area contributed by atoms with Gasteiger partial charge in [0.15, 0.2) is 5.17 Å². The largest absolute Gasteiger partial charge is 0.356 e. The molecule has 0 spiro atoms. The van der Waals surface area contributed by atoms with E-state index in [0.717, 1.165) is 34.5 Å². The van der Waals surface area contributed by atoms with Gasteiger partial charge in [0.05, 0.1) is 0 Å². The summed E-state index contributed by atoms with van der Waals surface area (Å²) in [6, 6.07) is 18.5. The van der Waals surface area contributed by atoms with Crippen molar-refractivity contribution in [3.8, 4) is 0 Å². The first-order valence-electron chi connectivity index (χ1n) is 6.76. The van der Waals surface area contributed by atoms with E-state index >= 15 is 0 Å². The zero-order chi connectivity index (χ0) is 13.6. The van der Waals surface area contributed by atoms with Gasteiger partial charge in [0.25, 0.3) is 0 Å². The molecule has 2 aromatic rings. The highest BCUT2D eigenvalue weighted by Gasteiger charge is 2.05. The van der Waals surface area contributed by atoms with Gasteiger partial charge in [-0.25, -0.2) is 0 Å². The van der Waals surface area contributed by atoms with Crippen molar-refractivity contribution in [3.63, 3.8) is 0 Å². The van der Waals surface area contributed by atoms with Crippen LogP contribution in [0.15, 0.2) is 59.6 Å². The third-order valence-electron chi connectivity index (χ3n) is 3.00. The number of anilines is 3. The standard InChI is InChI=1S/C16H17N3S/c1-2-5-13(6-3-1)18-14-7-9-15(10-8-14)19-16-17-11-4-12-20-16/h1-3,5-10,18H,4,11-12H2,(H,17,19). The van der Waals surface area contributed by atoms with Crippen molar-refractivity contribution in [2.24, 2.45) is 4.99 Å². The Morgan fingerprint density at radius 1 is 0.800 bits per heavy atom. The van der Waals surface area contributed by atoms with Gasteiger partial charge in [-0.3, -0.25) is 4.99 Å². The van der Waals surface area contributed by atoms with Crippen LogP contribution in [0.2, 0.25) is 0 Å². The minimum Gasteiger partial charge on any atom is -0.356 e. The van der Waals surface area contributed by atoms with Gasteiger partial charge in [-0.1, -0.05) is 30.0 Å². The SMILES string of the molecule is c1ccc(Nc2ccc(NC3=NCCCS3)cc2)cc1. The maximum absolute atomic E-state index is 4.47. The van der Waals surface area contributed by atoms with Crippen LogP contribution >= 0.6 is 11.8 Å². The summed E-state index contributed by atoms with van der Waals surface area (Å²) in [4.78, 5) is 4.47. The summed E-state index contributed by atoms with van der Waals surface area (Å²) < 4.78 is 0. The van der Waals surface area contributed by atoms with E-state index in [-0.39, 0.29) is 0 Å². The number of aliphatic imine (C=N–C) groups is 1. The highest BCUT2D eigenvalue weighted by atomic mass is 32.2. The van der Waals surface area contributed by atoms with Crippen LogP contribution in [0.3, 0.4) is 0 Å². The summed E-state index contributed by atoms with van der Waals surface area (Å²) in [5.74, 6) is 1.15. The minimum atomic E-state index is 0.934. The second-order valence-corrected chi connectivity index (χ2v) is 5.67. The van der Waals surface area contributed by atoms with Gasteiger partial charge in [0.1, 0.15) is 0 Å². The van der Waals surface area contributed by atoms with Gasteiger partial charge in [0, 0.05) is 29.4 Å². The molecule has 0 aromatic heterocycles. The molecule has 0 aliphatic carbocycles. The predicted molar refractivity (Wildman–Crippen MR) is 89.2 cm³/mol. The molecule has 1 heterocycles. The number of hydrogen-bond donors (Lipinski definition) is 2. The number of benzene rings is 2. The van der Waals surface area contributed by atoms with Crippen LogP contribution in [0.5, 0.6) is 0 Å². The Morgan fingerprint density at radius 2 is 1.45 bits per heavy atom. The topological polar surface area (TPSA) is 36.4 Å². The monoisotopic (exact) mass is 283 g/mol. The Bertz CT molecular complexity index is 578. The van der Waals surface area contributed by atoms with Gasteiger partial charge in [-0.05, 0) is 42.8 Å². The van der Waals surface area contributed by atoms with Crippen LogP contribution in [-0.2, 0) is 0 Å². The van der Waals surface area contributed by atoms with Crippen LogP contribution in [0, 0.1) is 0 Å². The number of rotatable bonds is 3. The number of hydrogen-bond acceptors (Lipinski definition) is 4. The van der Waals surface area contributed by atoms with Crippen molar-refractivity contribution in [2.75, 3.05) is 22.9 Å². The van der Waals surface area contributed by atoms with Crippen LogP contribution in [-0.4, -0.2) is 17.5 Å². The average molecular weight is 283 g/mol. The fourth-order valence-electron chi connectivity index (χ4n) is 1.98. The van der Waals surface area contributed by atoms with Crippen LogP contribution < -0.4 is 10.6 Å². The van der Waals surface area contributed by atoms with Crippen LogP contribution in [0.25, 0.3) is 0 Å². The smallest absolute Gasteiger partial charge is 0.161 e. The Kier molecular flexibility index (Phi) is 4.23. The first kappa shape index (κ1) is 13.1. The Hall–Kier alpha value is -1.94. The second-order valence-electron chi connectivity index (χ2n) is 4.58. The lowest BCUT2D eigenvalue weighted by molar-refractivity contribution is 0.938. The third-order valence-corrected chi connectivity index (χ3v) is 3.99. The average Bonchev–Trinajstić information content (AvgIpc) is 2.51. The quantitative estimate of drug-likeness (QED) is 0.880. The first-order valence-corrected chi connectivity index (χ1v) is 7.75. The molecule has 0 atom stereocenters. The molecule has 3 nitrogen and oxygen atoms in total. The molecule has 0 saturated heterocycles. The first-order chi connectivity index (χ1) is 9.90. The van der Waals surface area contributed by atoms with E-state index in [1.54, 1.807) is 11.8 Å². The molecule has 102 valence electrons. The van der Waals surface area contributed by atoms with Gasteiger partial charge in [0.2, 0.25) is 0 Å². The number of thioether (sulfide) groups is 1. The number of nitrogens with zero attached hydrogens (tertiary/aromatic N) is 1. The lowest BCUT2D eigenvalue weighted by Crippen LogP contribution is -2.13. The van der Waals surface area contributed by atoms with E-state index in [9.17, 15) is 0 Å². The van der Waals surface area contributed by atoms with E-state index in [0.29, 0.717) is 0 Å². The highest BCUT2D eigenvalue weighted by Crippen LogP contribution is 2.20. The molecule has 2 N–H and O–H groups in total. The summed E-state index contributed by atoms with van der Waals surface area (Å²) in [5.41, 5.74) is 3.26. The summed E-state index contributed by atoms with van der Waals surface area (Å²) in [6.45, 7) is 0.934. The molecule has 0 bridgehead atoms. The van der Waals surface area contributed by atoms with E-state index < -0.39 is 0 Å². The zero-order valence-corrected chi connectivity index (χ0v) is 12.0. The van der Waals surface area contributed by atoms with Crippen molar-refractivity contribution < 1.29 is 0 Å². The van der Waals surface area contributed by atoms with Crippen LogP contribution in [0.1, 0.15) is 6.42 Å². The van der Waals surface area contributed by atoms with Crippen molar-refractivity contribution in [1.29, 1.82) is 0 Å². The maximum Gasteiger partial charge on any atom is 0.161 e. The molecule has 20 heavy (non-hydrogen) atoms. The fourth-order valence-corrected chi connectivity index (χ4v) is 2.82. The minimum absolute atomic E-state index is 0.934. The zero-order valence-electron chi connectivity index (χ0n) is 11.2. The molecule has 1 aliphatic heterocycles. The van der Waals surface area contributed by atoms with Gasteiger partial charge < -0.3 is 10.6 Å². The molecule has 0 radical (unpaired) electrons. The van der Waals surface area contributed by atoms with E-state index in [1.165, 1.54) is 6.42 Å². The van der Waals surface area contributed by atoms with Gasteiger partial charge in [-0.15, -0.1) is 0 Å². The number of para-hydroxylation sites is 1. The van der Waals surface area contributed by atoms with Crippen molar-refractivity contribution >= 4 is 34.0 Å². The van der Waals surface area contributed by atoms with Gasteiger partial charge in [-0.2, -0.15) is 0 Å². The molecule has 0 unspecified atom stereocenters. The molecule has 4 heteroatoms. The van der Waals surface area contributed by atoms with E-state index in [1.807, 2.05) is 18.2 Å². The van der Waals surface area contributed by atoms with Crippen molar-refractivity contribution in [1.82, 2.24) is 0 Å². The van der Waals surface area contributed by atoms with E-state index in [2.05, 4.69) is 52.0 Å². The van der Waals surface area contributed by atoms with Crippen molar-refractivity contribution in [2.45, 2.75) is 6.42 Å². The molecule has 0 amide bonds. The maximum atomic E-state index is 4.47. The second kappa shape index (κ2) is 6.48. The highest BCUT2D eigenvalue weighted by molar-refractivity contribution is 8.14. The molecule has 3 rings (SSSR count). The normalized spacial score (nSPS) is 14.5. The molecule has 0 saturated carbocycles. The lowest BCUT2D eigenvalue weighted by Gasteiger charge is -2.13. The van der Waals surface area contributed by atoms with Crippen LogP contribution in [0.4, 0.5) is 17.1 Å². The van der Waals surface area contributed by atoms with Gasteiger partial charge >= 0.3 is 0 Å². The summed E-state index contributed by atoms with van der Waals surface area (Å²) in [7, 11) is 0. The number of nitrogens with one attached hydrogen (secondary N) is 2. The lowest BCUT2D eigenvalue weighted by atomic mass is 10.2. The molecular weight excluding hydrogens is 266 g/mol.